The fraction of sp³-hybridized carbons (Fsp3) is 0.786. The second-order valence-corrected chi connectivity index (χ2v) is 6.92. The van der Waals surface area contributed by atoms with Gasteiger partial charge < -0.3 is 0 Å². The molecular formula is C14H26F3IrO3S-. The number of rotatable bonds is 0. The van der Waals surface area contributed by atoms with Crippen molar-refractivity contribution >= 4 is 10.1 Å². The largest absolute Gasteiger partial charge is 0.522 e. The van der Waals surface area contributed by atoms with Crippen LogP contribution in [0.1, 0.15) is 34.6 Å². The Balaban J connectivity index is -0.000000273. The molecule has 3 nitrogen and oxygen atoms in total. The minimum Gasteiger partial charge on any atom is -0.279 e. The van der Waals surface area contributed by atoms with Gasteiger partial charge in [0.15, 0.2) is 0 Å². The molecule has 0 unspecified atom stereocenters. The van der Waals surface area contributed by atoms with Crippen LogP contribution in [0.4, 0.5) is 13.2 Å². The van der Waals surface area contributed by atoms with Crippen molar-refractivity contribution in [1.29, 1.82) is 0 Å². The van der Waals surface area contributed by atoms with Crippen LogP contribution in [0, 0.1) is 36.5 Å². The van der Waals surface area contributed by atoms with Crippen LogP contribution in [-0.2, 0) is 30.2 Å². The third-order valence-electron chi connectivity index (χ3n) is 4.44. The number of halogens is 3. The molecule has 1 fully saturated rings. The van der Waals surface area contributed by atoms with Gasteiger partial charge in [0.1, 0.15) is 0 Å². The molecular weight excluding hydrogens is 497 g/mol. The van der Waals surface area contributed by atoms with Gasteiger partial charge >= 0.3 is 15.6 Å². The maximum atomic E-state index is 10.7. The summed E-state index contributed by atoms with van der Waals surface area (Å²) in [6, 6.07) is 0. The molecule has 0 aromatic rings. The summed E-state index contributed by atoms with van der Waals surface area (Å²) in [7, 11) is -5.84. The van der Waals surface area contributed by atoms with E-state index in [0.717, 1.165) is 29.6 Å². The summed E-state index contributed by atoms with van der Waals surface area (Å²) in [6.45, 7) is 18.5. The van der Waals surface area contributed by atoms with Gasteiger partial charge in [-0.05, 0) is 29.6 Å². The molecule has 0 saturated heterocycles. The predicted octanol–water partition coefficient (Wildman–Crippen LogP) is 4.58. The zero-order valence-corrected chi connectivity index (χ0v) is 16.7. The first kappa shape index (κ1) is 26.8. The molecule has 22 heavy (non-hydrogen) atoms. The summed E-state index contributed by atoms with van der Waals surface area (Å²) >= 11 is 0. The molecule has 137 valence electrons. The van der Waals surface area contributed by atoms with Crippen molar-refractivity contribution in [3.63, 3.8) is 0 Å². The van der Waals surface area contributed by atoms with Gasteiger partial charge in [0.2, 0.25) is 0 Å². The van der Waals surface area contributed by atoms with E-state index in [1.807, 2.05) is 0 Å². The summed E-state index contributed by atoms with van der Waals surface area (Å²) < 4.78 is 57.5. The van der Waals surface area contributed by atoms with E-state index in [2.05, 4.69) is 48.1 Å². The van der Waals surface area contributed by atoms with Crippen molar-refractivity contribution in [3.05, 3.63) is 19.6 Å². The molecule has 0 aromatic carbocycles. The van der Waals surface area contributed by atoms with Crippen LogP contribution in [-0.4, -0.2) is 18.5 Å². The Bertz CT molecular complexity index is 365. The Morgan fingerprint density at radius 2 is 1.05 bits per heavy atom. The third kappa shape index (κ3) is 8.55. The first-order chi connectivity index (χ1) is 9.22. The minimum absolute atomic E-state index is 0. The number of hydrogen-bond acceptors (Lipinski definition) is 2. The first-order valence-corrected chi connectivity index (χ1v) is 8.10. The molecule has 0 aliphatic heterocycles. The van der Waals surface area contributed by atoms with Gasteiger partial charge in [0.05, 0.1) is 0 Å². The average Bonchev–Trinajstić information content (AvgIpc) is 2.47. The second-order valence-electron chi connectivity index (χ2n) is 5.51. The van der Waals surface area contributed by atoms with Crippen LogP contribution in [0.3, 0.4) is 0 Å². The Hall–Kier alpha value is -0.0406. The molecule has 0 spiro atoms. The normalized spacial score (nSPS) is 30.9. The van der Waals surface area contributed by atoms with Gasteiger partial charge in [-0.1, -0.05) is 34.6 Å². The molecule has 0 amide bonds. The van der Waals surface area contributed by atoms with Crippen molar-refractivity contribution in [2.24, 2.45) is 29.6 Å². The fourth-order valence-electron chi connectivity index (χ4n) is 2.39. The molecule has 1 N–H and O–H groups in total. The molecule has 0 atom stereocenters. The van der Waals surface area contributed by atoms with Crippen molar-refractivity contribution < 1.29 is 46.2 Å². The summed E-state index contributed by atoms with van der Waals surface area (Å²) in [5.41, 5.74) is -5.53. The molecule has 1 rings (SSSR count). The Morgan fingerprint density at radius 3 is 1.09 bits per heavy atom. The Morgan fingerprint density at radius 1 is 0.955 bits per heavy atom. The van der Waals surface area contributed by atoms with E-state index in [0.29, 0.717) is 0 Å². The van der Waals surface area contributed by atoms with Crippen LogP contribution in [0.15, 0.2) is 12.7 Å². The monoisotopic (exact) mass is 524 g/mol. The van der Waals surface area contributed by atoms with Crippen LogP contribution >= 0.6 is 0 Å². The topological polar surface area (TPSA) is 54.4 Å². The van der Waals surface area contributed by atoms with Gasteiger partial charge in [0, 0.05) is 20.1 Å². The summed E-state index contributed by atoms with van der Waals surface area (Å²) in [5, 5.41) is 0. The zero-order chi connectivity index (χ0) is 17.6. The van der Waals surface area contributed by atoms with Gasteiger partial charge in [-0.2, -0.15) is 21.6 Å². The SMILES string of the molecule is C=C[CH2-].CC1C(C)C(C)C(C)C1C.O=S(=O)(O)C(F)(F)F.[Ir]. The molecule has 0 aromatic heterocycles. The smallest absolute Gasteiger partial charge is 0.279 e. The van der Waals surface area contributed by atoms with Gasteiger partial charge in [-0.25, -0.2) is 19.6 Å². The van der Waals surface area contributed by atoms with Crippen molar-refractivity contribution in [2.45, 2.75) is 40.1 Å². The number of hydrogen-bond donors (Lipinski definition) is 1. The minimum atomic E-state index is -5.84. The van der Waals surface area contributed by atoms with E-state index in [1.54, 1.807) is 0 Å². The van der Waals surface area contributed by atoms with E-state index in [-0.39, 0.29) is 20.1 Å². The van der Waals surface area contributed by atoms with E-state index in [9.17, 15) is 13.2 Å². The van der Waals surface area contributed by atoms with Crippen LogP contribution in [0.2, 0.25) is 0 Å². The standard InChI is InChI=1S/C10H20.C3H5.CHF3O3S.Ir/c1-6-7(2)9(4)10(5)8(6)3;1-3-2;2-1(3,4)8(5,6)7;/h6-10H,1-5H3;3H,1-2H2;(H,5,6,7);/q;-1;;. The van der Waals surface area contributed by atoms with Gasteiger partial charge in [-0.15, -0.1) is 0 Å². The summed E-state index contributed by atoms with van der Waals surface area (Å²) in [5.74, 6) is 4.68. The van der Waals surface area contributed by atoms with Crippen LogP contribution in [0.25, 0.3) is 0 Å². The maximum absolute atomic E-state index is 10.7. The zero-order valence-electron chi connectivity index (χ0n) is 13.5. The van der Waals surface area contributed by atoms with E-state index in [1.165, 1.54) is 6.08 Å². The van der Waals surface area contributed by atoms with E-state index >= 15 is 0 Å². The van der Waals surface area contributed by atoms with Gasteiger partial charge in [-0.3, -0.25) is 4.55 Å². The van der Waals surface area contributed by atoms with Crippen molar-refractivity contribution in [1.82, 2.24) is 0 Å². The molecule has 0 bridgehead atoms. The number of allylic oxidation sites excluding steroid dienone is 1. The summed E-state index contributed by atoms with van der Waals surface area (Å²) in [4.78, 5) is 0. The van der Waals surface area contributed by atoms with Gasteiger partial charge in [0.25, 0.3) is 0 Å². The van der Waals surface area contributed by atoms with Crippen molar-refractivity contribution in [3.8, 4) is 0 Å². The molecule has 1 aliphatic rings. The van der Waals surface area contributed by atoms with E-state index in [4.69, 9.17) is 13.0 Å². The molecule has 1 radical (unpaired) electrons. The fourth-order valence-corrected chi connectivity index (χ4v) is 2.39. The molecule has 0 heterocycles. The average molecular weight is 524 g/mol. The third-order valence-corrected chi connectivity index (χ3v) is 5.02. The number of alkyl halides is 3. The summed E-state index contributed by atoms with van der Waals surface area (Å²) in [6.07, 6.45) is 1.50. The Kier molecular flexibility index (Phi) is 13.0. The van der Waals surface area contributed by atoms with Crippen LogP contribution < -0.4 is 0 Å². The van der Waals surface area contributed by atoms with Crippen molar-refractivity contribution in [2.75, 3.05) is 0 Å². The molecule has 8 heteroatoms. The molecule has 1 aliphatic carbocycles. The van der Waals surface area contributed by atoms with Crippen LogP contribution in [0.5, 0.6) is 0 Å². The Labute approximate surface area is 145 Å². The first-order valence-electron chi connectivity index (χ1n) is 6.66. The second kappa shape index (κ2) is 10.7. The maximum Gasteiger partial charge on any atom is 0.522 e. The van der Waals surface area contributed by atoms with E-state index < -0.39 is 15.6 Å². The molecule has 1 saturated carbocycles. The predicted molar refractivity (Wildman–Crippen MR) is 79.0 cm³/mol. The quantitative estimate of drug-likeness (QED) is 0.287.